The highest BCUT2D eigenvalue weighted by atomic mass is 14.7. The first-order valence-corrected chi connectivity index (χ1v) is 5.42. The van der Waals surface area contributed by atoms with E-state index in [0.717, 1.165) is 0 Å². The first-order chi connectivity index (χ1) is 7.16. The van der Waals surface area contributed by atoms with Crippen molar-refractivity contribution in [1.82, 2.24) is 4.98 Å². The van der Waals surface area contributed by atoms with E-state index in [1.54, 1.807) is 0 Å². The van der Waals surface area contributed by atoms with Crippen LogP contribution in [0.4, 0.5) is 0 Å². The zero-order valence-corrected chi connectivity index (χ0v) is 9.54. The minimum atomic E-state index is 0.604. The standard InChI is InChI=1S/C14H17N/c1-10(2)12-4-6-13(7-5-12)14-8-11(3)15-9-14/h4-10,15H,1-3H3. The normalized spacial score (nSPS) is 10.9. The lowest BCUT2D eigenvalue weighted by Crippen LogP contribution is -1.85. The van der Waals surface area contributed by atoms with E-state index in [4.69, 9.17) is 0 Å². The number of nitrogens with one attached hydrogen (secondary N) is 1. The van der Waals surface area contributed by atoms with Crippen LogP contribution in [0.5, 0.6) is 0 Å². The molecule has 1 heterocycles. The maximum atomic E-state index is 3.20. The van der Waals surface area contributed by atoms with Crippen LogP contribution in [0, 0.1) is 6.92 Å². The first kappa shape index (κ1) is 10.0. The Kier molecular flexibility index (Phi) is 2.63. The highest BCUT2D eigenvalue weighted by Crippen LogP contribution is 2.22. The Balaban J connectivity index is 2.31. The van der Waals surface area contributed by atoms with Gasteiger partial charge in [0, 0.05) is 11.9 Å². The molecule has 0 spiro atoms. The average molecular weight is 199 g/mol. The molecule has 0 aliphatic carbocycles. The largest absolute Gasteiger partial charge is 0.365 e. The molecule has 2 rings (SSSR count). The molecule has 1 nitrogen and oxygen atoms in total. The van der Waals surface area contributed by atoms with Crippen LogP contribution in [0.1, 0.15) is 31.0 Å². The molecule has 0 fully saturated rings. The molecule has 78 valence electrons. The van der Waals surface area contributed by atoms with Gasteiger partial charge >= 0.3 is 0 Å². The molecule has 0 saturated carbocycles. The summed E-state index contributed by atoms with van der Waals surface area (Å²) in [6.07, 6.45) is 2.06. The topological polar surface area (TPSA) is 15.8 Å². The van der Waals surface area contributed by atoms with Crippen molar-refractivity contribution in [2.24, 2.45) is 0 Å². The lowest BCUT2D eigenvalue weighted by Gasteiger charge is -2.05. The third kappa shape index (κ3) is 2.12. The van der Waals surface area contributed by atoms with Crippen molar-refractivity contribution in [3.8, 4) is 11.1 Å². The lowest BCUT2D eigenvalue weighted by atomic mass is 10.00. The molecule has 0 bridgehead atoms. The fourth-order valence-corrected chi connectivity index (χ4v) is 1.74. The van der Waals surface area contributed by atoms with Crippen LogP contribution < -0.4 is 0 Å². The van der Waals surface area contributed by atoms with Crippen LogP contribution in [-0.4, -0.2) is 4.98 Å². The highest BCUT2D eigenvalue weighted by molar-refractivity contribution is 5.63. The molecule has 1 N–H and O–H groups in total. The van der Waals surface area contributed by atoms with Gasteiger partial charge in [-0.25, -0.2) is 0 Å². The number of hydrogen-bond acceptors (Lipinski definition) is 0. The summed E-state index contributed by atoms with van der Waals surface area (Å²) < 4.78 is 0. The number of aromatic nitrogens is 1. The van der Waals surface area contributed by atoms with E-state index in [0.29, 0.717) is 5.92 Å². The second-order valence-corrected chi connectivity index (χ2v) is 4.35. The Labute approximate surface area is 91.2 Å². The molecule has 1 aromatic carbocycles. The summed E-state index contributed by atoms with van der Waals surface area (Å²) in [5.74, 6) is 0.604. The fourth-order valence-electron chi connectivity index (χ4n) is 1.74. The second-order valence-electron chi connectivity index (χ2n) is 4.35. The SMILES string of the molecule is Cc1cc(-c2ccc(C(C)C)cc2)c[nH]1. The van der Waals surface area contributed by atoms with E-state index in [2.05, 4.69) is 62.3 Å². The summed E-state index contributed by atoms with van der Waals surface area (Å²) in [5.41, 5.74) is 5.15. The number of rotatable bonds is 2. The van der Waals surface area contributed by atoms with Gasteiger partial charge < -0.3 is 4.98 Å². The maximum absolute atomic E-state index is 3.20. The zero-order valence-electron chi connectivity index (χ0n) is 9.54. The quantitative estimate of drug-likeness (QED) is 0.749. The summed E-state index contributed by atoms with van der Waals surface area (Å²) in [6.45, 7) is 6.51. The van der Waals surface area contributed by atoms with Gasteiger partial charge in [0.15, 0.2) is 0 Å². The van der Waals surface area contributed by atoms with E-state index in [1.807, 2.05) is 0 Å². The monoisotopic (exact) mass is 199 g/mol. The van der Waals surface area contributed by atoms with Crippen LogP contribution in [0.3, 0.4) is 0 Å². The number of aryl methyl sites for hydroxylation is 1. The Morgan fingerprint density at radius 3 is 2.13 bits per heavy atom. The number of aromatic amines is 1. The first-order valence-electron chi connectivity index (χ1n) is 5.42. The molecule has 0 aliphatic rings. The second kappa shape index (κ2) is 3.93. The van der Waals surface area contributed by atoms with Crippen molar-refractivity contribution in [3.05, 3.63) is 47.8 Å². The predicted octanol–water partition coefficient (Wildman–Crippen LogP) is 4.11. The van der Waals surface area contributed by atoms with Crippen LogP contribution in [0.25, 0.3) is 11.1 Å². The van der Waals surface area contributed by atoms with Crippen molar-refractivity contribution in [1.29, 1.82) is 0 Å². The van der Waals surface area contributed by atoms with Gasteiger partial charge in [-0.1, -0.05) is 38.1 Å². The third-order valence-electron chi connectivity index (χ3n) is 2.74. The highest BCUT2D eigenvalue weighted by Gasteiger charge is 2.01. The molecule has 0 saturated heterocycles. The van der Waals surface area contributed by atoms with Gasteiger partial charge in [0.05, 0.1) is 0 Å². The Morgan fingerprint density at radius 2 is 1.67 bits per heavy atom. The van der Waals surface area contributed by atoms with Gasteiger partial charge in [0.25, 0.3) is 0 Å². The Bertz CT molecular complexity index is 435. The Hall–Kier alpha value is -1.50. The molecule has 0 radical (unpaired) electrons. The van der Waals surface area contributed by atoms with Gasteiger partial charge in [-0.3, -0.25) is 0 Å². The van der Waals surface area contributed by atoms with E-state index >= 15 is 0 Å². The van der Waals surface area contributed by atoms with E-state index < -0.39 is 0 Å². The van der Waals surface area contributed by atoms with Gasteiger partial charge in [-0.2, -0.15) is 0 Å². The van der Waals surface area contributed by atoms with Crippen molar-refractivity contribution in [2.45, 2.75) is 26.7 Å². The summed E-state index contributed by atoms with van der Waals surface area (Å²) >= 11 is 0. The van der Waals surface area contributed by atoms with Crippen molar-refractivity contribution < 1.29 is 0 Å². The van der Waals surface area contributed by atoms with Gasteiger partial charge in [-0.15, -0.1) is 0 Å². The van der Waals surface area contributed by atoms with Gasteiger partial charge in [0.2, 0.25) is 0 Å². The van der Waals surface area contributed by atoms with Crippen molar-refractivity contribution >= 4 is 0 Å². The van der Waals surface area contributed by atoms with Gasteiger partial charge in [0.1, 0.15) is 0 Å². The molecular weight excluding hydrogens is 182 g/mol. The molecule has 1 heteroatoms. The zero-order chi connectivity index (χ0) is 10.8. The third-order valence-corrected chi connectivity index (χ3v) is 2.74. The summed E-state index contributed by atoms with van der Waals surface area (Å²) in [6, 6.07) is 11.0. The fraction of sp³-hybridized carbons (Fsp3) is 0.286. The number of benzene rings is 1. The smallest absolute Gasteiger partial charge is 0.0121 e. The predicted molar refractivity (Wildman–Crippen MR) is 65.1 cm³/mol. The molecule has 1 aromatic heterocycles. The number of H-pyrrole nitrogens is 1. The van der Waals surface area contributed by atoms with Crippen LogP contribution >= 0.6 is 0 Å². The molecule has 2 aromatic rings. The minimum Gasteiger partial charge on any atom is -0.365 e. The number of hydrogen-bond donors (Lipinski definition) is 1. The molecule has 0 amide bonds. The van der Waals surface area contributed by atoms with Crippen LogP contribution in [-0.2, 0) is 0 Å². The maximum Gasteiger partial charge on any atom is 0.0121 e. The van der Waals surface area contributed by atoms with Crippen molar-refractivity contribution in [3.63, 3.8) is 0 Å². The van der Waals surface area contributed by atoms with E-state index in [9.17, 15) is 0 Å². The molecular formula is C14H17N. The Morgan fingerprint density at radius 1 is 1.00 bits per heavy atom. The average Bonchev–Trinajstić information content (AvgIpc) is 2.65. The minimum absolute atomic E-state index is 0.604. The van der Waals surface area contributed by atoms with E-state index in [-0.39, 0.29) is 0 Å². The lowest BCUT2D eigenvalue weighted by molar-refractivity contribution is 0.867. The summed E-state index contributed by atoms with van der Waals surface area (Å²) in [5, 5.41) is 0. The van der Waals surface area contributed by atoms with Crippen LogP contribution in [0.15, 0.2) is 36.5 Å². The molecule has 0 atom stereocenters. The molecule has 0 aliphatic heterocycles. The molecule has 15 heavy (non-hydrogen) atoms. The summed E-state index contributed by atoms with van der Waals surface area (Å²) in [7, 11) is 0. The van der Waals surface area contributed by atoms with Gasteiger partial charge in [-0.05, 0) is 35.6 Å². The molecule has 0 unspecified atom stereocenters. The van der Waals surface area contributed by atoms with Crippen molar-refractivity contribution in [2.75, 3.05) is 0 Å². The van der Waals surface area contributed by atoms with Crippen LogP contribution in [0.2, 0.25) is 0 Å². The summed E-state index contributed by atoms with van der Waals surface area (Å²) in [4.78, 5) is 3.20. The van der Waals surface area contributed by atoms with E-state index in [1.165, 1.54) is 22.4 Å².